The third kappa shape index (κ3) is 3.13. The summed E-state index contributed by atoms with van der Waals surface area (Å²) in [6.07, 6.45) is -0.293. The highest BCUT2D eigenvalue weighted by Gasteiger charge is 2.36. The predicted octanol–water partition coefficient (Wildman–Crippen LogP) is 0.464. The molecule has 2 rings (SSSR count). The van der Waals surface area contributed by atoms with Gasteiger partial charge in [-0.15, -0.1) is 0 Å². The SMILES string of the molecule is CC(C)(C)OC(=O)N1CCN2CC(=O)OCC2C1. The van der Waals surface area contributed by atoms with Crippen LogP contribution in [0.4, 0.5) is 4.79 Å². The highest BCUT2D eigenvalue weighted by atomic mass is 16.6. The van der Waals surface area contributed by atoms with Crippen LogP contribution in [0.3, 0.4) is 0 Å². The minimum atomic E-state index is -0.479. The molecule has 2 heterocycles. The second-order valence-electron chi connectivity index (χ2n) is 5.73. The quantitative estimate of drug-likeness (QED) is 0.589. The van der Waals surface area contributed by atoms with E-state index in [0.29, 0.717) is 32.8 Å². The molecule has 0 N–H and O–H groups in total. The summed E-state index contributed by atoms with van der Waals surface area (Å²) in [5, 5.41) is 0. The summed E-state index contributed by atoms with van der Waals surface area (Å²) in [7, 11) is 0. The maximum absolute atomic E-state index is 11.9. The number of ether oxygens (including phenoxy) is 2. The van der Waals surface area contributed by atoms with Gasteiger partial charge in [-0.05, 0) is 20.8 Å². The van der Waals surface area contributed by atoms with Crippen LogP contribution in [0.2, 0.25) is 0 Å². The van der Waals surface area contributed by atoms with Gasteiger partial charge in [0.1, 0.15) is 12.2 Å². The van der Waals surface area contributed by atoms with E-state index in [1.807, 2.05) is 20.8 Å². The van der Waals surface area contributed by atoms with Crippen molar-refractivity contribution in [3.05, 3.63) is 0 Å². The number of esters is 1. The van der Waals surface area contributed by atoms with Crippen LogP contribution in [-0.2, 0) is 14.3 Å². The first-order valence-electron chi connectivity index (χ1n) is 6.23. The Kier molecular flexibility index (Phi) is 3.47. The fourth-order valence-corrected chi connectivity index (χ4v) is 2.15. The molecule has 1 amide bonds. The number of piperazine rings is 1. The van der Waals surface area contributed by atoms with Crippen molar-refractivity contribution in [1.82, 2.24) is 9.80 Å². The van der Waals surface area contributed by atoms with Crippen molar-refractivity contribution in [2.75, 3.05) is 32.8 Å². The van der Waals surface area contributed by atoms with Crippen molar-refractivity contribution in [2.24, 2.45) is 0 Å². The molecule has 0 bridgehead atoms. The molecule has 6 nitrogen and oxygen atoms in total. The number of hydrogen-bond donors (Lipinski definition) is 0. The number of carbonyl (C=O) groups excluding carboxylic acids is 2. The summed E-state index contributed by atoms with van der Waals surface area (Å²) < 4.78 is 10.4. The Labute approximate surface area is 107 Å². The Morgan fingerprint density at radius 2 is 2.11 bits per heavy atom. The van der Waals surface area contributed by atoms with Gasteiger partial charge in [0.15, 0.2) is 0 Å². The molecule has 0 aromatic heterocycles. The zero-order chi connectivity index (χ0) is 13.3. The van der Waals surface area contributed by atoms with Gasteiger partial charge < -0.3 is 14.4 Å². The van der Waals surface area contributed by atoms with Crippen molar-refractivity contribution in [1.29, 1.82) is 0 Å². The zero-order valence-corrected chi connectivity index (χ0v) is 11.1. The normalized spacial score (nSPS) is 25.4. The van der Waals surface area contributed by atoms with Gasteiger partial charge in [0.25, 0.3) is 0 Å². The maximum Gasteiger partial charge on any atom is 0.410 e. The van der Waals surface area contributed by atoms with E-state index < -0.39 is 5.60 Å². The molecule has 1 unspecified atom stereocenters. The van der Waals surface area contributed by atoms with Gasteiger partial charge in [-0.1, -0.05) is 0 Å². The molecule has 2 saturated heterocycles. The maximum atomic E-state index is 11.9. The Balaban J connectivity index is 1.91. The lowest BCUT2D eigenvalue weighted by Crippen LogP contribution is -2.60. The first kappa shape index (κ1) is 13.1. The number of carbonyl (C=O) groups is 2. The minimum Gasteiger partial charge on any atom is -0.463 e. The molecule has 2 fully saturated rings. The van der Waals surface area contributed by atoms with Gasteiger partial charge in [-0.3, -0.25) is 9.69 Å². The lowest BCUT2D eigenvalue weighted by Gasteiger charge is -2.42. The first-order chi connectivity index (χ1) is 8.35. The smallest absolute Gasteiger partial charge is 0.410 e. The van der Waals surface area contributed by atoms with Crippen LogP contribution < -0.4 is 0 Å². The lowest BCUT2D eigenvalue weighted by molar-refractivity contribution is -0.156. The van der Waals surface area contributed by atoms with Crippen molar-refractivity contribution < 1.29 is 19.1 Å². The third-order valence-electron chi connectivity index (χ3n) is 3.03. The zero-order valence-electron chi connectivity index (χ0n) is 11.1. The highest BCUT2D eigenvalue weighted by molar-refractivity contribution is 5.73. The van der Waals surface area contributed by atoms with E-state index >= 15 is 0 Å². The molecule has 18 heavy (non-hydrogen) atoms. The topological polar surface area (TPSA) is 59.1 Å². The van der Waals surface area contributed by atoms with Gasteiger partial charge in [0.2, 0.25) is 0 Å². The van der Waals surface area contributed by atoms with Crippen LogP contribution in [0.5, 0.6) is 0 Å². The van der Waals surface area contributed by atoms with Crippen molar-refractivity contribution >= 4 is 12.1 Å². The van der Waals surface area contributed by atoms with Gasteiger partial charge in [-0.2, -0.15) is 0 Å². The van der Waals surface area contributed by atoms with Crippen molar-refractivity contribution in [3.8, 4) is 0 Å². The molecule has 0 aromatic carbocycles. The fourth-order valence-electron chi connectivity index (χ4n) is 2.15. The Morgan fingerprint density at radius 1 is 1.39 bits per heavy atom. The molecule has 2 aliphatic rings. The van der Waals surface area contributed by atoms with Gasteiger partial charge in [-0.25, -0.2) is 4.79 Å². The monoisotopic (exact) mass is 256 g/mol. The van der Waals surface area contributed by atoms with Crippen LogP contribution in [0, 0.1) is 0 Å². The molecular weight excluding hydrogens is 236 g/mol. The highest BCUT2D eigenvalue weighted by Crippen LogP contribution is 2.17. The average Bonchev–Trinajstić information content (AvgIpc) is 2.26. The predicted molar refractivity (Wildman–Crippen MR) is 64.1 cm³/mol. The Morgan fingerprint density at radius 3 is 2.78 bits per heavy atom. The van der Waals surface area contributed by atoms with Crippen molar-refractivity contribution in [2.45, 2.75) is 32.4 Å². The third-order valence-corrected chi connectivity index (χ3v) is 3.03. The molecule has 6 heteroatoms. The Hall–Kier alpha value is -1.30. The van der Waals surface area contributed by atoms with Crippen LogP contribution in [0.15, 0.2) is 0 Å². The van der Waals surface area contributed by atoms with E-state index in [2.05, 4.69) is 4.90 Å². The van der Waals surface area contributed by atoms with E-state index in [-0.39, 0.29) is 18.1 Å². The molecule has 0 aromatic rings. The standard InChI is InChI=1S/C12H20N2O4/c1-12(2,3)18-11(16)14-5-4-13-7-10(15)17-8-9(13)6-14/h9H,4-8H2,1-3H3. The number of fused-ring (bicyclic) bond motifs is 1. The second kappa shape index (κ2) is 4.76. The Bertz CT molecular complexity index is 350. The van der Waals surface area contributed by atoms with E-state index in [1.54, 1.807) is 4.90 Å². The van der Waals surface area contributed by atoms with Gasteiger partial charge in [0, 0.05) is 19.6 Å². The van der Waals surface area contributed by atoms with Crippen LogP contribution in [0.25, 0.3) is 0 Å². The van der Waals surface area contributed by atoms with Crippen LogP contribution >= 0.6 is 0 Å². The average molecular weight is 256 g/mol. The molecular formula is C12H20N2O4. The minimum absolute atomic E-state index is 0.101. The number of cyclic esters (lactones) is 1. The van der Waals surface area contributed by atoms with E-state index in [9.17, 15) is 9.59 Å². The fraction of sp³-hybridized carbons (Fsp3) is 0.833. The molecule has 0 aliphatic carbocycles. The summed E-state index contributed by atoms with van der Waals surface area (Å²) in [4.78, 5) is 26.8. The summed E-state index contributed by atoms with van der Waals surface area (Å²) >= 11 is 0. The summed E-state index contributed by atoms with van der Waals surface area (Å²) in [6, 6.07) is 0.101. The molecule has 2 aliphatic heterocycles. The number of hydrogen-bond acceptors (Lipinski definition) is 5. The number of nitrogens with zero attached hydrogens (tertiary/aromatic N) is 2. The second-order valence-corrected chi connectivity index (χ2v) is 5.73. The molecule has 0 spiro atoms. The summed E-state index contributed by atoms with van der Waals surface area (Å²) in [5.74, 6) is -0.183. The summed E-state index contributed by atoms with van der Waals surface area (Å²) in [5.41, 5.74) is -0.479. The molecule has 0 saturated carbocycles. The number of rotatable bonds is 0. The molecule has 0 radical (unpaired) electrons. The first-order valence-corrected chi connectivity index (χ1v) is 6.23. The molecule has 102 valence electrons. The largest absolute Gasteiger partial charge is 0.463 e. The van der Waals surface area contributed by atoms with E-state index in [0.717, 1.165) is 0 Å². The number of amides is 1. The lowest BCUT2D eigenvalue weighted by atomic mass is 10.1. The van der Waals surface area contributed by atoms with E-state index in [1.165, 1.54) is 0 Å². The van der Waals surface area contributed by atoms with Gasteiger partial charge in [0.05, 0.1) is 12.6 Å². The van der Waals surface area contributed by atoms with Gasteiger partial charge >= 0.3 is 12.1 Å². The van der Waals surface area contributed by atoms with Crippen LogP contribution in [-0.4, -0.2) is 66.3 Å². The molecule has 1 atom stereocenters. The number of morpholine rings is 1. The van der Waals surface area contributed by atoms with E-state index in [4.69, 9.17) is 9.47 Å². The summed E-state index contributed by atoms with van der Waals surface area (Å²) in [6.45, 7) is 8.08. The van der Waals surface area contributed by atoms with Crippen molar-refractivity contribution in [3.63, 3.8) is 0 Å². The van der Waals surface area contributed by atoms with Crippen LogP contribution in [0.1, 0.15) is 20.8 Å².